The molecule has 23 heavy (non-hydrogen) atoms. The Labute approximate surface area is 134 Å². The number of hydrogen-bond donors (Lipinski definition) is 0. The zero-order chi connectivity index (χ0) is 16.8. The zero-order valence-electron chi connectivity index (χ0n) is 13.2. The lowest BCUT2D eigenvalue weighted by molar-refractivity contribution is -0.141. The lowest BCUT2D eigenvalue weighted by Gasteiger charge is -2.21. The average molecular weight is 326 g/mol. The van der Waals surface area contributed by atoms with Crippen LogP contribution in [0.5, 0.6) is 11.5 Å². The van der Waals surface area contributed by atoms with Crippen molar-refractivity contribution in [3.05, 3.63) is 35.6 Å². The highest BCUT2D eigenvalue weighted by molar-refractivity contribution is 5.75. The van der Waals surface area contributed by atoms with Crippen molar-refractivity contribution in [1.82, 2.24) is 0 Å². The van der Waals surface area contributed by atoms with Crippen molar-refractivity contribution < 1.29 is 27.8 Å². The van der Waals surface area contributed by atoms with Gasteiger partial charge in [-0.25, -0.2) is 0 Å². The summed E-state index contributed by atoms with van der Waals surface area (Å²) in [6.45, 7) is 4.09. The maximum Gasteiger partial charge on any atom is 0.318 e. The Kier molecular flexibility index (Phi) is 5.96. The van der Waals surface area contributed by atoms with Gasteiger partial charge in [-0.05, 0) is 38.0 Å². The third kappa shape index (κ3) is 4.21. The van der Waals surface area contributed by atoms with Gasteiger partial charge in [-0.15, -0.1) is 0 Å². The molecule has 0 fully saturated rings. The maximum absolute atomic E-state index is 13.9. The van der Waals surface area contributed by atoms with Crippen molar-refractivity contribution in [2.24, 2.45) is 5.92 Å². The minimum atomic E-state index is -1.23. The predicted octanol–water partition coefficient (Wildman–Crippen LogP) is 3.99. The Balaban J connectivity index is 2.02. The zero-order valence-corrected chi connectivity index (χ0v) is 13.2. The SMILES string of the molecule is CCCC1=CCC(C(=O)Oc2ccc(OCC)c(F)c2F)CO1. The molecule has 1 atom stereocenters. The number of ether oxygens (including phenoxy) is 3. The van der Waals surface area contributed by atoms with Gasteiger partial charge in [0.2, 0.25) is 11.6 Å². The lowest BCUT2D eigenvalue weighted by Crippen LogP contribution is -2.27. The fourth-order valence-electron chi connectivity index (χ4n) is 2.24. The molecule has 0 amide bonds. The van der Waals surface area contributed by atoms with E-state index in [4.69, 9.17) is 14.2 Å². The normalized spacial score (nSPS) is 17.2. The molecule has 0 aliphatic carbocycles. The summed E-state index contributed by atoms with van der Waals surface area (Å²) in [4.78, 5) is 12.1. The summed E-state index contributed by atoms with van der Waals surface area (Å²) in [6.07, 6.45) is 4.08. The van der Waals surface area contributed by atoms with Crippen LogP contribution in [0.1, 0.15) is 33.1 Å². The molecule has 6 heteroatoms. The molecule has 126 valence electrons. The molecule has 1 aromatic carbocycles. The molecule has 0 N–H and O–H groups in total. The Morgan fingerprint density at radius 3 is 2.57 bits per heavy atom. The highest BCUT2D eigenvalue weighted by Crippen LogP contribution is 2.29. The minimum absolute atomic E-state index is 0.186. The number of hydrogen-bond acceptors (Lipinski definition) is 4. The first-order valence-electron chi connectivity index (χ1n) is 7.71. The van der Waals surface area contributed by atoms with Crippen LogP contribution in [0.15, 0.2) is 24.0 Å². The van der Waals surface area contributed by atoms with Crippen molar-refractivity contribution in [2.75, 3.05) is 13.2 Å². The van der Waals surface area contributed by atoms with E-state index < -0.39 is 29.3 Å². The van der Waals surface area contributed by atoms with E-state index >= 15 is 0 Å². The van der Waals surface area contributed by atoms with Crippen molar-refractivity contribution in [1.29, 1.82) is 0 Å². The highest BCUT2D eigenvalue weighted by Gasteiger charge is 2.26. The number of benzene rings is 1. The molecule has 1 aliphatic heterocycles. The summed E-state index contributed by atoms with van der Waals surface area (Å²) in [5, 5.41) is 0. The fourth-order valence-corrected chi connectivity index (χ4v) is 2.24. The second-order valence-electron chi connectivity index (χ2n) is 5.21. The summed E-state index contributed by atoms with van der Waals surface area (Å²) in [5.41, 5.74) is 0. The number of carbonyl (C=O) groups is 1. The van der Waals surface area contributed by atoms with Crippen LogP contribution in [0.2, 0.25) is 0 Å². The summed E-state index contributed by atoms with van der Waals surface area (Å²) < 4.78 is 43.0. The van der Waals surface area contributed by atoms with Gasteiger partial charge in [-0.2, -0.15) is 8.78 Å². The first-order chi connectivity index (χ1) is 11.1. The topological polar surface area (TPSA) is 44.8 Å². The van der Waals surface area contributed by atoms with Gasteiger partial charge in [0.25, 0.3) is 0 Å². The highest BCUT2D eigenvalue weighted by atomic mass is 19.2. The predicted molar refractivity (Wildman–Crippen MR) is 80.2 cm³/mol. The molecule has 1 unspecified atom stereocenters. The van der Waals surface area contributed by atoms with Crippen LogP contribution in [0.4, 0.5) is 8.78 Å². The molecule has 0 saturated carbocycles. The van der Waals surface area contributed by atoms with Gasteiger partial charge < -0.3 is 14.2 Å². The first-order valence-corrected chi connectivity index (χ1v) is 7.71. The lowest BCUT2D eigenvalue weighted by atomic mass is 10.0. The van der Waals surface area contributed by atoms with Crippen molar-refractivity contribution in [3.63, 3.8) is 0 Å². The molecule has 1 aromatic rings. The van der Waals surface area contributed by atoms with Crippen LogP contribution in [-0.4, -0.2) is 19.2 Å². The summed E-state index contributed by atoms with van der Waals surface area (Å²) in [5.74, 6) is -3.36. The van der Waals surface area contributed by atoms with Gasteiger partial charge in [0.05, 0.1) is 18.3 Å². The molecule has 0 spiro atoms. The maximum atomic E-state index is 13.9. The van der Waals surface area contributed by atoms with Gasteiger partial charge >= 0.3 is 5.97 Å². The van der Waals surface area contributed by atoms with Crippen LogP contribution in [0.25, 0.3) is 0 Å². The van der Waals surface area contributed by atoms with E-state index in [1.54, 1.807) is 6.92 Å². The van der Waals surface area contributed by atoms with Crippen LogP contribution < -0.4 is 9.47 Å². The largest absolute Gasteiger partial charge is 0.497 e. The molecule has 0 aromatic heterocycles. The number of carbonyl (C=O) groups excluding carboxylic acids is 1. The van der Waals surface area contributed by atoms with E-state index in [9.17, 15) is 13.6 Å². The minimum Gasteiger partial charge on any atom is -0.497 e. The standard InChI is InChI=1S/C17H20F2O4/c1-3-5-12-7-6-11(10-22-12)17(20)23-14-9-8-13(21-4-2)15(18)16(14)19/h7-9,11H,3-6,10H2,1-2H3. The van der Waals surface area contributed by atoms with Crippen molar-refractivity contribution in [3.8, 4) is 11.5 Å². The van der Waals surface area contributed by atoms with Gasteiger partial charge in [-0.3, -0.25) is 4.79 Å². The van der Waals surface area contributed by atoms with Crippen LogP contribution in [0.3, 0.4) is 0 Å². The molecule has 4 nitrogen and oxygen atoms in total. The van der Waals surface area contributed by atoms with Gasteiger partial charge in [0.1, 0.15) is 6.61 Å². The monoisotopic (exact) mass is 326 g/mol. The van der Waals surface area contributed by atoms with E-state index in [0.29, 0.717) is 6.42 Å². The van der Waals surface area contributed by atoms with Crippen molar-refractivity contribution >= 4 is 5.97 Å². The van der Waals surface area contributed by atoms with Crippen LogP contribution >= 0.6 is 0 Å². The Morgan fingerprint density at radius 1 is 1.26 bits per heavy atom. The quantitative estimate of drug-likeness (QED) is 0.586. The molecular weight excluding hydrogens is 306 g/mol. The van der Waals surface area contributed by atoms with E-state index in [1.165, 1.54) is 12.1 Å². The Hall–Kier alpha value is -2.11. The molecule has 2 rings (SSSR count). The number of halogens is 2. The first kappa shape index (κ1) is 17.2. The van der Waals surface area contributed by atoms with E-state index in [0.717, 1.165) is 18.6 Å². The molecule has 0 saturated heterocycles. The Bertz CT molecular complexity index is 599. The third-order valence-corrected chi connectivity index (χ3v) is 3.45. The molecule has 0 radical (unpaired) electrons. The number of esters is 1. The summed E-state index contributed by atoms with van der Waals surface area (Å²) in [6, 6.07) is 2.42. The fraction of sp³-hybridized carbons (Fsp3) is 0.471. The number of allylic oxidation sites excluding steroid dienone is 2. The Morgan fingerprint density at radius 2 is 1.96 bits per heavy atom. The van der Waals surface area contributed by atoms with E-state index in [1.807, 2.05) is 13.0 Å². The van der Waals surface area contributed by atoms with Gasteiger partial charge in [0.15, 0.2) is 11.5 Å². The molecular formula is C17H20F2O4. The van der Waals surface area contributed by atoms with Gasteiger partial charge in [0, 0.05) is 6.42 Å². The summed E-state index contributed by atoms with van der Waals surface area (Å²) in [7, 11) is 0. The van der Waals surface area contributed by atoms with Crippen molar-refractivity contribution in [2.45, 2.75) is 33.1 Å². The molecule has 0 bridgehead atoms. The summed E-state index contributed by atoms with van der Waals surface area (Å²) >= 11 is 0. The van der Waals surface area contributed by atoms with E-state index in [2.05, 4.69) is 0 Å². The second-order valence-corrected chi connectivity index (χ2v) is 5.21. The van der Waals surface area contributed by atoms with E-state index in [-0.39, 0.29) is 19.0 Å². The number of rotatable bonds is 6. The van der Waals surface area contributed by atoms with Crippen LogP contribution in [0, 0.1) is 17.6 Å². The molecule has 1 heterocycles. The smallest absolute Gasteiger partial charge is 0.318 e. The molecule has 1 aliphatic rings. The van der Waals surface area contributed by atoms with Gasteiger partial charge in [-0.1, -0.05) is 6.92 Å². The second kappa shape index (κ2) is 7.94. The average Bonchev–Trinajstić information content (AvgIpc) is 2.55. The van der Waals surface area contributed by atoms with Crippen LogP contribution in [-0.2, 0) is 9.53 Å². The third-order valence-electron chi connectivity index (χ3n) is 3.45.